The number of carbonyl (C=O) groups is 1. The zero-order chi connectivity index (χ0) is 20.0. The maximum atomic E-state index is 12.4. The van der Waals surface area contributed by atoms with E-state index in [1.54, 1.807) is 19.3 Å². The van der Waals surface area contributed by atoms with Gasteiger partial charge >= 0.3 is 0 Å². The first-order valence-electron chi connectivity index (χ1n) is 8.28. The van der Waals surface area contributed by atoms with Gasteiger partial charge in [0.25, 0.3) is 5.91 Å². The number of halogens is 1. The van der Waals surface area contributed by atoms with Crippen LogP contribution in [0.5, 0.6) is 0 Å². The summed E-state index contributed by atoms with van der Waals surface area (Å²) < 4.78 is 0. The molecule has 0 bridgehead atoms. The number of rotatable bonds is 6. The van der Waals surface area contributed by atoms with Gasteiger partial charge in [-0.1, -0.05) is 24.2 Å². The molecule has 140 valence electrons. The topological polar surface area (TPSA) is 79.3 Å². The van der Waals surface area contributed by atoms with Crippen LogP contribution in [0.2, 0.25) is 0 Å². The maximum absolute atomic E-state index is 12.4. The van der Waals surface area contributed by atoms with Crippen molar-refractivity contribution in [3.05, 3.63) is 70.7 Å². The Morgan fingerprint density at radius 3 is 2.67 bits per heavy atom. The Bertz CT molecular complexity index is 934. The number of nitrogens with one attached hydrogen (secondary N) is 2. The van der Waals surface area contributed by atoms with E-state index in [0.717, 1.165) is 28.1 Å². The van der Waals surface area contributed by atoms with E-state index in [0.29, 0.717) is 5.69 Å². The standard InChI is InChI=1S/C20H22ClN5O/c1-12-8-19(26-23-11-12)20(27)25-16-7-6-13(2)17(10-16)18(24-15(4)21)9-14(3)22-5/h6-11,24H,4H2,1-3,5H3,(H,25,27)/b18-9-,22-14?. The second kappa shape index (κ2) is 9.09. The van der Waals surface area contributed by atoms with Crippen LogP contribution >= 0.6 is 11.6 Å². The molecule has 0 aliphatic heterocycles. The molecular weight excluding hydrogens is 362 g/mol. The minimum Gasteiger partial charge on any atom is -0.346 e. The van der Waals surface area contributed by atoms with Crippen LogP contribution < -0.4 is 10.6 Å². The molecule has 2 N–H and O–H groups in total. The summed E-state index contributed by atoms with van der Waals surface area (Å²) >= 11 is 5.95. The second-order valence-corrected chi connectivity index (χ2v) is 6.51. The molecule has 0 radical (unpaired) electrons. The lowest BCUT2D eigenvalue weighted by atomic mass is 10.0. The van der Waals surface area contributed by atoms with Crippen molar-refractivity contribution in [3.8, 4) is 0 Å². The third-order valence-corrected chi connectivity index (χ3v) is 3.88. The zero-order valence-corrected chi connectivity index (χ0v) is 16.6. The molecule has 0 fully saturated rings. The number of nitrogens with zero attached hydrogens (tertiary/aromatic N) is 3. The smallest absolute Gasteiger partial charge is 0.276 e. The van der Waals surface area contributed by atoms with Gasteiger partial charge in [0.1, 0.15) is 0 Å². The quantitative estimate of drug-likeness (QED) is 0.582. The largest absolute Gasteiger partial charge is 0.346 e. The Hall–Kier alpha value is -2.99. The van der Waals surface area contributed by atoms with E-state index in [4.69, 9.17) is 11.6 Å². The predicted octanol–water partition coefficient (Wildman–Crippen LogP) is 4.08. The van der Waals surface area contributed by atoms with Crippen LogP contribution in [0.4, 0.5) is 5.69 Å². The van der Waals surface area contributed by atoms with Crippen molar-refractivity contribution < 1.29 is 4.79 Å². The Labute approximate surface area is 164 Å². The SMILES string of the molecule is C=C(Cl)N/C(=C\C(C)=NC)c1cc(NC(=O)c2cc(C)cnn2)ccc1C. The van der Waals surface area contributed by atoms with Gasteiger partial charge in [-0.3, -0.25) is 9.79 Å². The monoisotopic (exact) mass is 383 g/mol. The molecule has 0 aliphatic carbocycles. The van der Waals surface area contributed by atoms with Gasteiger partial charge in [0.2, 0.25) is 0 Å². The van der Waals surface area contributed by atoms with Gasteiger partial charge in [0, 0.05) is 29.7 Å². The van der Waals surface area contributed by atoms with Crippen LogP contribution in [-0.2, 0) is 0 Å². The molecule has 2 aromatic rings. The summed E-state index contributed by atoms with van der Waals surface area (Å²) in [4.78, 5) is 16.6. The fraction of sp³-hybridized carbons (Fsp3) is 0.200. The third-order valence-electron chi connectivity index (χ3n) is 3.79. The van der Waals surface area contributed by atoms with E-state index in [1.165, 1.54) is 0 Å². The number of aliphatic imine (C=N–C) groups is 1. The predicted molar refractivity (Wildman–Crippen MR) is 111 cm³/mol. The summed E-state index contributed by atoms with van der Waals surface area (Å²) in [5.41, 5.74) is 5.18. The molecule has 0 atom stereocenters. The van der Waals surface area contributed by atoms with Crippen LogP contribution in [0.15, 0.2) is 53.3 Å². The molecule has 1 heterocycles. The summed E-state index contributed by atoms with van der Waals surface area (Å²) in [6, 6.07) is 7.28. The van der Waals surface area contributed by atoms with E-state index in [-0.39, 0.29) is 16.8 Å². The molecule has 27 heavy (non-hydrogen) atoms. The Morgan fingerprint density at radius 2 is 2.04 bits per heavy atom. The molecule has 1 amide bonds. The summed E-state index contributed by atoms with van der Waals surface area (Å²) in [5.74, 6) is -0.326. The third kappa shape index (κ3) is 5.76. The van der Waals surface area contributed by atoms with Crippen molar-refractivity contribution in [2.75, 3.05) is 12.4 Å². The van der Waals surface area contributed by atoms with Gasteiger partial charge in [-0.25, -0.2) is 0 Å². The van der Waals surface area contributed by atoms with Crippen molar-refractivity contribution in [2.45, 2.75) is 20.8 Å². The van der Waals surface area contributed by atoms with Crippen molar-refractivity contribution >= 4 is 34.6 Å². The van der Waals surface area contributed by atoms with E-state index in [1.807, 2.05) is 45.0 Å². The lowest BCUT2D eigenvalue weighted by molar-refractivity contribution is 0.102. The Morgan fingerprint density at radius 1 is 1.30 bits per heavy atom. The van der Waals surface area contributed by atoms with Gasteiger partial charge < -0.3 is 10.6 Å². The first-order valence-corrected chi connectivity index (χ1v) is 8.66. The van der Waals surface area contributed by atoms with Crippen molar-refractivity contribution in [2.24, 2.45) is 4.99 Å². The summed E-state index contributed by atoms with van der Waals surface area (Å²) in [6.07, 6.45) is 3.47. The number of aromatic nitrogens is 2. The first-order chi connectivity index (χ1) is 12.8. The number of benzene rings is 1. The van der Waals surface area contributed by atoms with E-state index >= 15 is 0 Å². The average molecular weight is 384 g/mol. The van der Waals surface area contributed by atoms with Crippen LogP contribution in [0.1, 0.15) is 34.1 Å². The van der Waals surface area contributed by atoms with Crippen molar-refractivity contribution in [1.29, 1.82) is 0 Å². The minimum absolute atomic E-state index is 0.258. The summed E-state index contributed by atoms with van der Waals surface area (Å²) in [7, 11) is 1.71. The molecule has 0 unspecified atom stereocenters. The van der Waals surface area contributed by atoms with E-state index in [9.17, 15) is 4.79 Å². The van der Waals surface area contributed by atoms with Crippen LogP contribution in [-0.4, -0.2) is 28.9 Å². The highest BCUT2D eigenvalue weighted by Gasteiger charge is 2.12. The van der Waals surface area contributed by atoms with E-state index in [2.05, 4.69) is 32.4 Å². The molecule has 1 aromatic heterocycles. The second-order valence-electron chi connectivity index (χ2n) is 6.05. The number of anilines is 1. The molecule has 0 aliphatic rings. The number of aryl methyl sites for hydroxylation is 2. The highest BCUT2D eigenvalue weighted by molar-refractivity contribution is 6.29. The van der Waals surface area contributed by atoms with Crippen molar-refractivity contribution in [3.63, 3.8) is 0 Å². The van der Waals surface area contributed by atoms with Crippen LogP contribution in [0, 0.1) is 13.8 Å². The highest BCUT2D eigenvalue weighted by Crippen LogP contribution is 2.23. The number of hydrogen-bond acceptors (Lipinski definition) is 5. The molecule has 1 aromatic carbocycles. The van der Waals surface area contributed by atoms with Crippen LogP contribution in [0.25, 0.3) is 5.70 Å². The van der Waals surface area contributed by atoms with Gasteiger partial charge in [0.15, 0.2) is 5.69 Å². The minimum atomic E-state index is -0.326. The lowest BCUT2D eigenvalue weighted by Gasteiger charge is -2.15. The first kappa shape index (κ1) is 20.3. The summed E-state index contributed by atoms with van der Waals surface area (Å²) in [6.45, 7) is 9.40. The average Bonchev–Trinajstić information content (AvgIpc) is 2.62. The normalized spacial score (nSPS) is 11.9. The van der Waals surface area contributed by atoms with E-state index < -0.39 is 0 Å². The summed E-state index contributed by atoms with van der Waals surface area (Å²) in [5, 5.41) is 13.9. The fourth-order valence-electron chi connectivity index (χ4n) is 2.36. The number of hydrogen-bond donors (Lipinski definition) is 2. The van der Waals surface area contributed by atoms with Crippen LogP contribution in [0.3, 0.4) is 0 Å². The maximum Gasteiger partial charge on any atom is 0.276 e. The fourth-order valence-corrected chi connectivity index (χ4v) is 2.46. The molecule has 6 nitrogen and oxygen atoms in total. The van der Waals surface area contributed by atoms with Gasteiger partial charge in [-0.05, 0) is 56.2 Å². The van der Waals surface area contributed by atoms with Gasteiger partial charge in [-0.2, -0.15) is 5.10 Å². The molecule has 0 saturated carbocycles. The number of carbonyl (C=O) groups excluding carboxylic acids is 1. The Kier molecular flexibility index (Phi) is 6.85. The number of allylic oxidation sites excluding steroid dienone is 1. The molecule has 0 saturated heterocycles. The Balaban J connectivity index is 2.37. The molecule has 2 rings (SSSR count). The highest BCUT2D eigenvalue weighted by atomic mass is 35.5. The zero-order valence-electron chi connectivity index (χ0n) is 15.8. The molecule has 0 spiro atoms. The van der Waals surface area contributed by atoms with Gasteiger partial charge in [0.05, 0.1) is 11.4 Å². The lowest BCUT2D eigenvalue weighted by Crippen LogP contribution is -2.15. The molecule has 7 heteroatoms. The van der Waals surface area contributed by atoms with Gasteiger partial charge in [-0.15, -0.1) is 5.10 Å². The molecular formula is C20H22ClN5O. The van der Waals surface area contributed by atoms with Crippen molar-refractivity contribution in [1.82, 2.24) is 15.5 Å². The number of amides is 1.